The zero-order chi connectivity index (χ0) is 15.6. The van der Waals surface area contributed by atoms with E-state index in [9.17, 15) is 14.9 Å². The lowest BCUT2D eigenvalue weighted by molar-refractivity contribution is -0.385. The van der Waals surface area contributed by atoms with Gasteiger partial charge in [-0.15, -0.1) is 11.3 Å². The van der Waals surface area contributed by atoms with Gasteiger partial charge in [-0.25, -0.2) is 9.78 Å². The second-order valence-corrected chi connectivity index (χ2v) is 7.01. The minimum Gasteiger partial charge on any atom is -0.477 e. The van der Waals surface area contributed by atoms with Crippen molar-refractivity contribution in [1.82, 2.24) is 4.98 Å². The van der Waals surface area contributed by atoms with Crippen LogP contribution in [-0.4, -0.2) is 21.0 Å². The molecule has 6 nitrogen and oxygen atoms in total. The van der Waals surface area contributed by atoms with Gasteiger partial charge in [-0.3, -0.25) is 10.1 Å². The number of carboxylic acids is 1. The summed E-state index contributed by atoms with van der Waals surface area (Å²) in [5.41, 5.74) is 1.25. The first-order valence-electron chi connectivity index (χ1n) is 5.65. The van der Waals surface area contributed by atoms with Crippen LogP contribution < -0.4 is 0 Å². The summed E-state index contributed by atoms with van der Waals surface area (Å²) in [6.45, 7) is 1.65. The Morgan fingerprint density at radius 2 is 2.29 bits per heavy atom. The molecule has 0 bridgehead atoms. The number of aromatic nitrogens is 1. The highest BCUT2D eigenvalue weighted by molar-refractivity contribution is 9.10. The molecule has 0 saturated heterocycles. The number of benzene rings is 1. The Bertz CT molecular complexity index is 717. The molecule has 1 heterocycles. The van der Waals surface area contributed by atoms with Gasteiger partial charge in [0.15, 0.2) is 4.34 Å². The van der Waals surface area contributed by atoms with Crippen LogP contribution in [0, 0.1) is 17.0 Å². The molecule has 9 heteroatoms. The predicted molar refractivity (Wildman–Crippen MR) is 84.2 cm³/mol. The molecule has 1 aromatic heterocycles. The van der Waals surface area contributed by atoms with E-state index in [1.807, 2.05) is 0 Å². The second kappa shape index (κ2) is 6.54. The third-order valence-corrected chi connectivity index (χ3v) is 5.83. The fraction of sp³-hybridized carbons (Fsp3) is 0.167. The van der Waals surface area contributed by atoms with Crippen molar-refractivity contribution in [3.05, 3.63) is 48.9 Å². The first kappa shape index (κ1) is 15.9. The molecular formula is C12H9BrN2O4S2. The molecule has 1 N–H and O–H groups in total. The molecule has 0 aliphatic carbocycles. The Kier molecular flexibility index (Phi) is 4.96. The number of nitrogens with zero attached hydrogens (tertiary/aromatic N) is 2. The van der Waals surface area contributed by atoms with E-state index in [0.717, 1.165) is 16.9 Å². The van der Waals surface area contributed by atoms with Crippen LogP contribution in [0.3, 0.4) is 0 Å². The van der Waals surface area contributed by atoms with Crippen molar-refractivity contribution < 1.29 is 14.8 Å². The van der Waals surface area contributed by atoms with Gasteiger partial charge in [-0.1, -0.05) is 23.9 Å². The molecule has 1 aromatic carbocycles. The van der Waals surface area contributed by atoms with Gasteiger partial charge in [0.1, 0.15) is 4.88 Å². The first-order valence-corrected chi connectivity index (χ1v) is 8.25. The molecule has 0 unspecified atom stereocenters. The average Bonchev–Trinajstić information content (AvgIpc) is 2.78. The average molecular weight is 389 g/mol. The lowest BCUT2D eigenvalue weighted by atomic mass is 10.2. The van der Waals surface area contributed by atoms with Crippen molar-refractivity contribution in [3.8, 4) is 0 Å². The van der Waals surface area contributed by atoms with Crippen LogP contribution in [0.1, 0.15) is 20.9 Å². The highest BCUT2D eigenvalue weighted by Crippen LogP contribution is 2.34. The van der Waals surface area contributed by atoms with Crippen LogP contribution in [0.2, 0.25) is 0 Å². The molecule has 0 spiro atoms. The smallest absolute Gasteiger partial charge is 0.347 e. The van der Waals surface area contributed by atoms with Crippen molar-refractivity contribution in [2.75, 3.05) is 0 Å². The number of carboxylic acid groups (broad SMARTS) is 1. The molecule has 0 aliphatic rings. The maximum atomic E-state index is 11.0. The van der Waals surface area contributed by atoms with Gasteiger partial charge in [0.25, 0.3) is 5.69 Å². The molecule has 0 aliphatic heterocycles. The van der Waals surface area contributed by atoms with E-state index in [2.05, 4.69) is 20.9 Å². The molecule has 21 heavy (non-hydrogen) atoms. The Labute approximate surface area is 136 Å². The minimum absolute atomic E-state index is 0.00893. The zero-order valence-electron chi connectivity index (χ0n) is 10.7. The Hall–Kier alpha value is -1.45. The van der Waals surface area contributed by atoms with E-state index >= 15 is 0 Å². The van der Waals surface area contributed by atoms with Gasteiger partial charge in [0, 0.05) is 11.8 Å². The van der Waals surface area contributed by atoms with Crippen LogP contribution in [-0.2, 0) is 5.75 Å². The molecule has 110 valence electrons. The monoisotopic (exact) mass is 388 g/mol. The number of thioether (sulfide) groups is 1. The second-order valence-electron chi connectivity index (χ2n) is 4.00. The Morgan fingerprint density at radius 1 is 1.57 bits per heavy atom. The van der Waals surface area contributed by atoms with Crippen molar-refractivity contribution >= 4 is 50.7 Å². The number of nitro benzene ring substituents is 1. The Morgan fingerprint density at radius 3 is 2.86 bits per heavy atom. The maximum Gasteiger partial charge on any atom is 0.347 e. The van der Waals surface area contributed by atoms with E-state index in [4.69, 9.17) is 5.11 Å². The van der Waals surface area contributed by atoms with Crippen molar-refractivity contribution in [3.63, 3.8) is 0 Å². The largest absolute Gasteiger partial charge is 0.477 e. The number of thiazole rings is 1. The maximum absolute atomic E-state index is 11.0. The van der Waals surface area contributed by atoms with Crippen molar-refractivity contribution in [2.45, 2.75) is 17.0 Å². The lowest BCUT2D eigenvalue weighted by Crippen LogP contribution is -1.94. The highest BCUT2D eigenvalue weighted by Gasteiger charge is 2.17. The molecule has 0 fully saturated rings. The normalized spacial score (nSPS) is 10.6. The third-order valence-electron chi connectivity index (χ3n) is 2.58. The third kappa shape index (κ3) is 3.60. The van der Waals surface area contributed by atoms with Crippen molar-refractivity contribution in [1.29, 1.82) is 0 Å². The van der Waals surface area contributed by atoms with E-state index in [1.165, 1.54) is 17.8 Å². The zero-order valence-corrected chi connectivity index (χ0v) is 13.9. The SMILES string of the molecule is Cc1nc(SCc2cccc([N+](=O)[O-])c2Br)sc1C(=O)O. The van der Waals surface area contributed by atoms with Gasteiger partial charge in [0.05, 0.1) is 15.1 Å². The fourth-order valence-corrected chi connectivity index (χ4v) is 4.35. The molecular weight excluding hydrogens is 380 g/mol. The van der Waals surface area contributed by atoms with E-state index in [1.54, 1.807) is 19.1 Å². The summed E-state index contributed by atoms with van der Waals surface area (Å²) in [6.07, 6.45) is 0. The van der Waals surface area contributed by atoms with Gasteiger partial charge in [-0.05, 0) is 28.4 Å². The summed E-state index contributed by atoms with van der Waals surface area (Å²) >= 11 is 5.69. The van der Waals surface area contributed by atoms with Crippen LogP contribution in [0.15, 0.2) is 27.0 Å². The summed E-state index contributed by atoms with van der Waals surface area (Å²) < 4.78 is 1.07. The molecule has 2 aromatic rings. The number of nitro groups is 1. The van der Waals surface area contributed by atoms with Crippen molar-refractivity contribution in [2.24, 2.45) is 0 Å². The minimum atomic E-state index is -0.992. The van der Waals surface area contributed by atoms with Crippen LogP contribution >= 0.6 is 39.0 Å². The molecule has 0 atom stereocenters. The number of carbonyl (C=O) groups is 1. The lowest BCUT2D eigenvalue weighted by Gasteiger charge is -2.03. The van der Waals surface area contributed by atoms with E-state index in [0.29, 0.717) is 20.3 Å². The summed E-state index contributed by atoms with van der Waals surface area (Å²) in [7, 11) is 0. The fourth-order valence-electron chi connectivity index (χ4n) is 1.59. The summed E-state index contributed by atoms with van der Waals surface area (Å²) in [5, 5.41) is 19.8. The molecule has 0 saturated carbocycles. The van der Waals surface area contributed by atoms with Gasteiger partial charge in [-0.2, -0.15) is 0 Å². The number of hydrogen-bond acceptors (Lipinski definition) is 6. The highest BCUT2D eigenvalue weighted by atomic mass is 79.9. The molecule has 0 radical (unpaired) electrons. The first-order chi connectivity index (χ1) is 9.90. The number of rotatable bonds is 5. The van der Waals surface area contributed by atoms with Gasteiger partial charge >= 0.3 is 5.97 Å². The summed E-state index contributed by atoms with van der Waals surface area (Å²) in [6, 6.07) is 4.82. The summed E-state index contributed by atoms with van der Waals surface area (Å²) in [5.74, 6) is -0.526. The quantitative estimate of drug-likeness (QED) is 0.470. The molecule has 2 rings (SSSR count). The number of aryl methyl sites for hydroxylation is 1. The van der Waals surface area contributed by atoms with E-state index < -0.39 is 10.9 Å². The van der Waals surface area contributed by atoms with Crippen LogP contribution in [0.5, 0.6) is 0 Å². The standard InChI is InChI=1S/C12H9BrN2O4S2/c1-6-10(11(16)17)21-12(14-6)20-5-7-3-2-4-8(9(7)13)15(18)19/h2-4H,5H2,1H3,(H,16,17). The van der Waals surface area contributed by atoms with E-state index in [-0.39, 0.29) is 10.6 Å². The van der Waals surface area contributed by atoms with Gasteiger partial charge < -0.3 is 5.11 Å². The topological polar surface area (TPSA) is 93.3 Å². The Balaban J connectivity index is 2.17. The molecule has 0 amide bonds. The number of aromatic carboxylic acids is 1. The summed E-state index contributed by atoms with van der Waals surface area (Å²) in [4.78, 5) is 25.8. The van der Waals surface area contributed by atoms with Crippen LogP contribution in [0.25, 0.3) is 0 Å². The predicted octanol–water partition coefficient (Wildman–Crippen LogP) is 4.11. The van der Waals surface area contributed by atoms with Gasteiger partial charge in [0.2, 0.25) is 0 Å². The number of halogens is 1. The van der Waals surface area contributed by atoms with Crippen LogP contribution in [0.4, 0.5) is 5.69 Å². The number of hydrogen-bond donors (Lipinski definition) is 1.